The smallest absolute Gasteiger partial charge is 0.264 e. The van der Waals surface area contributed by atoms with Crippen molar-refractivity contribution in [2.75, 3.05) is 4.90 Å². The fourth-order valence-corrected chi connectivity index (χ4v) is 3.35. The van der Waals surface area contributed by atoms with Gasteiger partial charge in [-0.2, -0.15) is 0 Å². The Labute approximate surface area is 140 Å². The maximum atomic E-state index is 13.0. The van der Waals surface area contributed by atoms with Crippen molar-refractivity contribution >= 4 is 17.6 Å². The lowest BCUT2D eigenvalue weighted by atomic mass is 9.80. The monoisotopic (exact) mass is 324 g/mol. The summed E-state index contributed by atoms with van der Waals surface area (Å²) in [5.74, 6) is -3.35. The van der Waals surface area contributed by atoms with Gasteiger partial charge in [-0.25, -0.2) is 0 Å². The molecule has 5 heteroatoms. The van der Waals surface area contributed by atoms with E-state index in [0.29, 0.717) is 11.3 Å². The minimum atomic E-state index is -2.10. The van der Waals surface area contributed by atoms with E-state index in [-0.39, 0.29) is 13.0 Å². The molecule has 1 amide bonds. The van der Waals surface area contributed by atoms with Crippen LogP contribution in [-0.4, -0.2) is 17.0 Å². The van der Waals surface area contributed by atoms with Gasteiger partial charge in [-0.3, -0.25) is 4.79 Å². The molecule has 3 rings (SSSR count). The van der Waals surface area contributed by atoms with E-state index < -0.39 is 23.4 Å². The molecule has 0 bridgehead atoms. The molecule has 1 N–H and O–H groups in total. The number of para-hydroxylation sites is 1. The summed E-state index contributed by atoms with van der Waals surface area (Å²) in [6, 6.07) is 16.1. The topological polar surface area (TPSA) is 80.7 Å². The first-order valence-corrected chi connectivity index (χ1v) is 7.88. The molecule has 5 nitrogen and oxygen atoms in total. The zero-order chi connectivity index (χ0) is 17.3. The average Bonchev–Trinajstić information content (AvgIpc) is 2.79. The molecule has 2 unspecified atom stereocenters. The number of benzene rings is 2. The van der Waals surface area contributed by atoms with E-state index in [1.165, 1.54) is 4.90 Å². The van der Waals surface area contributed by atoms with Crippen LogP contribution < -0.4 is 10.0 Å². The Bertz CT molecular complexity index is 774. The largest absolute Gasteiger partial charge is 0.550 e. The quantitative estimate of drug-likeness (QED) is 0.896. The van der Waals surface area contributed by atoms with Gasteiger partial charge in [0, 0.05) is 17.5 Å². The van der Waals surface area contributed by atoms with E-state index >= 15 is 0 Å². The van der Waals surface area contributed by atoms with Gasteiger partial charge in [-0.05, 0) is 18.1 Å². The first kappa shape index (κ1) is 16.2. The predicted octanol–water partition coefficient (Wildman–Crippen LogP) is 1.20. The summed E-state index contributed by atoms with van der Waals surface area (Å²) in [6.07, 6.45) is 0.0953. The van der Waals surface area contributed by atoms with Gasteiger partial charge in [0.25, 0.3) is 5.91 Å². The zero-order valence-electron chi connectivity index (χ0n) is 13.3. The fourth-order valence-electron chi connectivity index (χ4n) is 3.35. The van der Waals surface area contributed by atoms with Crippen LogP contribution in [-0.2, 0) is 21.7 Å². The normalized spacial score (nSPS) is 20.8. The summed E-state index contributed by atoms with van der Waals surface area (Å²) in [5.41, 5.74) is -0.346. The summed E-state index contributed by atoms with van der Waals surface area (Å²) in [7, 11) is 0. The molecule has 2 aromatic carbocycles. The Hall–Kier alpha value is -2.66. The molecule has 0 saturated heterocycles. The molecule has 1 aliphatic heterocycles. The van der Waals surface area contributed by atoms with Gasteiger partial charge in [-0.15, -0.1) is 0 Å². The minimum Gasteiger partial charge on any atom is -0.550 e. The Morgan fingerprint density at radius 1 is 1.17 bits per heavy atom. The molecule has 0 fully saturated rings. The lowest BCUT2D eigenvalue weighted by Crippen LogP contribution is -2.51. The molecule has 0 aliphatic carbocycles. The molecule has 0 radical (unpaired) electrons. The van der Waals surface area contributed by atoms with Crippen molar-refractivity contribution in [3.63, 3.8) is 0 Å². The highest BCUT2D eigenvalue weighted by Crippen LogP contribution is 2.46. The number of carboxylic acid groups (broad SMARTS) is 1. The first-order valence-electron chi connectivity index (χ1n) is 7.88. The van der Waals surface area contributed by atoms with E-state index in [9.17, 15) is 19.8 Å². The van der Waals surface area contributed by atoms with Crippen LogP contribution in [0.2, 0.25) is 0 Å². The third-order valence-electron chi connectivity index (χ3n) is 4.56. The van der Waals surface area contributed by atoms with Crippen molar-refractivity contribution in [1.82, 2.24) is 0 Å². The molecule has 1 heterocycles. The summed E-state index contributed by atoms with van der Waals surface area (Å²) in [4.78, 5) is 25.9. The number of carboxylic acids is 1. The molecular weight excluding hydrogens is 306 g/mol. The van der Waals surface area contributed by atoms with Gasteiger partial charge in [0.05, 0.1) is 12.2 Å². The lowest BCUT2D eigenvalue weighted by molar-refractivity contribution is -0.317. The van der Waals surface area contributed by atoms with Gasteiger partial charge in [0.1, 0.15) is 0 Å². The van der Waals surface area contributed by atoms with E-state index in [1.54, 1.807) is 31.2 Å². The summed E-state index contributed by atoms with van der Waals surface area (Å²) < 4.78 is 0. The molecule has 0 saturated carbocycles. The zero-order valence-corrected chi connectivity index (χ0v) is 13.3. The Morgan fingerprint density at radius 2 is 1.79 bits per heavy atom. The van der Waals surface area contributed by atoms with Crippen molar-refractivity contribution < 1.29 is 19.8 Å². The van der Waals surface area contributed by atoms with Gasteiger partial charge in [0.2, 0.25) is 0 Å². The van der Waals surface area contributed by atoms with Crippen molar-refractivity contribution in [2.24, 2.45) is 5.92 Å². The van der Waals surface area contributed by atoms with E-state index in [1.807, 2.05) is 30.3 Å². The second-order valence-corrected chi connectivity index (χ2v) is 5.94. The highest BCUT2D eigenvalue weighted by Gasteiger charge is 2.54. The number of aliphatic hydroxyl groups is 1. The Kier molecular flexibility index (Phi) is 4.11. The number of carbonyl (C=O) groups excluding carboxylic acids is 2. The SMILES string of the molecule is CCC(C(=O)[O-])C1(O)C(=O)N(Cc2ccccc2)c2ccccc21. The molecule has 124 valence electrons. The predicted molar refractivity (Wildman–Crippen MR) is 86.8 cm³/mol. The maximum absolute atomic E-state index is 13.0. The second-order valence-electron chi connectivity index (χ2n) is 5.94. The number of fused-ring (bicyclic) bond motifs is 1. The third kappa shape index (κ3) is 2.37. The number of rotatable bonds is 5. The number of nitrogens with zero attached hydrogens (tertiary/aromatic N) is 1. The van der Waals surface area contributed by atoms with Crippen LogP contribution in [0.1, 0.15) is 24.5 Å². The van der Waals surface area contributed by atoms with Gasteiger partial charge in [-0.1, -0.05) is 55.5 Å². The van der Waals surface area contributed by atoms with E-state index in [2.05, 4.69) is 0 Å². The van der Waals surface area contributed by atoms with Crippen molar-refractivity contribution in [1.29, 1.82) is 0 Å². The second kappa shape index (κ2) is 6.09. The van der Waals surface area contributed by atoms with Gasteiger partial charge < -0.3 is 19.9 Å². The van der Waals surface area contributed by atoms with Gasteiger partial charge >= 0.3 is 0 Å². The summed E-state index contributed by atoms with van der Waals surface area (Å²) in [6.45, 7) is 1.89. The Balaban J connectivity index is 2.08. The van der Waals surface area contributed by atoms with Crippen LogP contribution in [0.4, 0.5) is 5.69 Å². The molecule has 2 atom stereocenters. The van der Waals surface area contributed by atoms with Crippen LogP contribution >= 0.6 is 0 Å². The molecule has 1 aliphatic rings. The van der Waals surface area contributed by atoms with Crippen molar-refractivity contribution in [3.8, 4) is 0 Å². The third-order valence-corrected chi connectivity index (χ3v) is 4.56. The summed E-state index contributed by atoms with van der Waals surface area (Å²) in [5, 5.41) is 22.6. The van der Waals surface area contributed by atoms with E-state index in [0.717, 1.165) is 5.56 Å². The van der Waals surface area contributed by atoms with Crippen molar-refractivity contribution in [2.45, 2.75) is 25.5 Å². The highest BCUT2D eigenvalue weighted by atomic mass is 16.4. The van der Waals surface area contributed by atoms with Crippen LogP contribution in [0.15, 0.2) is 54.6 Å². The van der Waals surface area contributed by atoms with E-state index in [4.69, 9.17) is 0 Å². The molecule has 2 aromatic rings. The lowest BCUT2D eigenvalue weighted by Gasteiger charge is -2.32. The van der Waals surface area contributed by atoms with Crippen LogP contribution in [0, 0.1) is 5.92 Å². The average molecular weight is 324 g/mol. The van der Waals surface area contributed by atoms with Crippen molar-refractivity contribution in [3.05, 3.63) is 65.7 Å². The van der Waals surface area contributed by atoms with Crippen LogP contribution in [0.3, 0.4) is 0 Å². The summed E-state index contributed by atoms with van der Waals surface area (Å²) >= 11 is 0. The maximum Gasteiger partial charge on any atom is 0.264 e. The molecular formula is C19H18NO4-. The number of anilines is 1. The van der Waals surface area contributed by atoms with Crippen LogP contribution in [0.25, 0.3) is 0 Å². The van der Waals surface area contributed by atoms with Crippen LogP contribution in [0.5, 0.6) is 0 Å². The molecule has 0 aromatic heterocycles. The number of amides is 1. The number of aliphatic carboxylic acids is 1. The fraction of sp³-hybridized carbons (Fsp3) is 0.263. The standard InChI is InChI=1S/C19H19NO4/c1-2-14(17(21)22)19(24)15-10-6-7-11-16(15)20(18(19)23)12-13-8-4-3-5-9-13/h3-11,14,24H,2,12H2,1H3,(H,21,22)/p-1. The first-order chi connectivity index (χ1) is 11.5. The van der Waals surface area contributed by atoms with Gasteiger partial charge in [0.15, 0.2) is 5.60 Å². The number of hydrogen-bond acceptors (Lipinski definition) is 4. The number of carbonyl (C=O) groups is 2. The highest BCUT2D eigenvalue weighted by molar-refractivity contribution is 6.08. The molecule has 24 heavy (non-hydrogen) atoms. The Morgan fingerprint density at radius 3 is 2.42 bits per heavy atom. The molecule has 0 spiro atoms. The number of hydrogen-bond donors (Lipinski definition) is 1. The minimum absolute atomic E-state index is 0.0953.